The van der Waals surface area contributed by atoms with Gasteiger partial charge in [0.25, 0.3) is 5.69 Å². The van der Waals surface area contributed by atoms with Crippen molar-refractivity contribution in [2.45, 2.75) is 0 Å². The Balaban J connectivity index is 2.87. The van der Waals surface area contributed by atoms with Crippen LogP contribution in [0.15, 0.2) is 18.2 Å². The van der Waals surface area contributed by atoms with Crippen LogP contribution < -0.4 is 5.73 Å². The van der Waals surface area contributed by atoms with Crippen LogP contribution in [-0.2, 0) is 0 Å². The van der Waals surface area contributed by atoms with E-state index in [4.69, 9.17) is 5.73 Å². The Morgan fingerprint density at radius 2 is 2.21 bits per heavy atom. The summed E-state index contributed by atoms with van der Waals surface area (Å²) in [5.41, 5.74) is 6.02. The zero-order chi connectivity index (χ0) is 10.3. The van der Waals surface area contributed by atoms with Gasteiger partial charge in [-0.05, 0) is 6.07 Å². The fraction of sp³-hybridized carbons (Fsp3) is 0. The second-order valence-corrected chi connectivity index (χ2v) is 3.79. The first kappa shape index (κ1) is 8.76. The van der Waals surface area contributed by atoms with Crippen molar-refractivity contribution in [3.63, 3.8) is 0 Å². The van der Waals surface area contributed by atoms with E-state index in [1.807, 2.05) is 0 Å². The molecule has 0 aliphatic rings. The van der Waals surface area contributed by atoms with Crippen molar-refractivity contribution in [3.05, 3.63) is 28.3 Å². The Morgan fingerprint density at radius 1 is 1.50 bits per heavy atom. The standard InChI is InChI=1S/C8H6N2O3S/c9-5-1-2-6(10(12)13)8-4(5)3-7(11)14-8/h1-3,11H,9H2. The van der Waals surface area contributed by atoms with E-state index < -0.39 is 4.92 Å². The normalized spacial score (nSPS) is 10.6. The summed E-state index contributed by atoms with van der Waals surface area (Å²) >= 11 is 0.955. The summed E-state index contributed by atoms with van der Waals surface area (Å²) in [5, 5.41) is 20.4. The third-order valence-corrected chi connectivity index (χ3v) is 2.84. The van der Waals surface area contributed by atoms with Crippen molar-refractivity contribution in [1.29, 1.82) is 0 Å². The predicted molar refractivity (Wildman–Crippen MR) is 54.6 cm³/mol. The molecule has 1 heterocycles. The van der Waals surface area contributed by atoms with Crippen LogP contribution >= 0.6 is 11.3 Å². The van der Waals surface area contributed by atoms with Crippen molar-refractivity contribution in [3.8, 4) is 5.06 Å². The highest BCUT2D eigenvalue weighted by atomic mass is 32.1. The lowest BCUT2D eigenvalue weighted by atomic mass is 10.2. The Kier molecular flexibility index (Phi) is 1.78. The van der Waals surface area contributed by atoms with E-state index in [2.05, 4.69) is 0 Å². The van der Waals surface area contributed by atoms with Crippen molar-refractivity contribution >= 4 is 32.8 Å². The van der Waals surface area contributed by atoms with Gasteiger partial charge in [0, 0.05) is 23.2 Å². The van der Waals surface area contributed by atoms with Crippen LogP contribution in [0.3, 0.4) is 0 Å². The number of benzene rings is 1. The van der Waals surface area contributed by atoms with Crippen molar-refractivity contribution < 1.29 is 10.0 Å². The molecule has 3 N–H and O–H groups in total. The largest absolute Gasteiger partial charge is 0.499 e. The second-order valence-electron chi connectivity index (χ2n) is 2.76. The molecular formula is C8H6N2O3S. The van der Waals surface area contributed by atoms with Crippen molar-refractivity contribution in [2.24, 2.45) is 0 Å². The first-order valence-electron chi connectivity index (χ1n) is 3.75. The van der Waals surface area contributed by atoms with E-state index in [1.54, 1.807) is 0 Å². The smallest absolute Gasteiger partial charge is 0.287 e. The van der Waals surface area contributed by atoms with E-state index in [1.165, 1.54) is 18.2 Å². The third kappa shape index (κ3) is 1.16. The summed E-state index contributed by atoms with van der Waals surface area (Å²) in [7, 11) is 0. The van der Waals surface area contributed by atoms with Gasteiger partial charge in [-0.15, -0.1) is 0 Å². The molecule has 0 unspecified atom stereocenters. The molecule has 0 bridgehead atoms. The average molecular weight is 210 g/mol. The lowest BCUT2D eigenvalue weighted by molar-refractivity contribution is -0.382. The number of nitrogens with two attached hydrogens (primary N) is 1. The molecule has 0 atom stereocenters. The molecule has 72 valence electrons. The van der Waals surface area contributed by atoms with Crippen LogP contribution in [0.1, 0.15) is 0 Å². The summed E-state index contributed by atoms with van der Waals surface area (Å²) in [4.78, 5) is 10.1. The van der Waals surface area contributed by atoms with Crippen LogP contribution in [0, 0.1) is 10.1 Å². The maximum absolute atomic E-state index is 10.6. The van der Waals surface area contributed by atoms with E-state index in [0.29, 0.717) is 15.8 Å². The summed E-state index contributed by atoms with van der Waals surface area (Å²) < 4.78 is 0.410. The van der Waals surface area contributed by atoms with Gasteiger partial charge in [-0.3, -0.25) is 10.1 Å². The minimum absolute atomic E-state index is 0.0282. The number of hydrogen-bond donors (Lipinski definition) is 2. The molecule has 0 radical (unpaired) electrons. The number of aromatic hydroxyl groups is 1. The fourth-order valence-corrected chi connectivity index (χ4v) is 2.18. The topological polar surface area (TPSA) is 89.4 Å². The molecule has 0 amide bonds. The summed E-state index contributed by atoms with van der Waals surface area (Å²) in [6, 6.07) is 4.24. The van der Waals surface area contributed by atoms with E-state index >= 15 is 0 Å². The van der Waals surface area contributed by atoms with E-state index in [9.17, 15) is 15.2 Å². The van der Waals surface area contributed by atoms with Gasteiger partial charge in [0.2, 0.25) is 0 Å². The molecule has 6 heteroatoms. The number of nitro groups is 1. The molecule has 1 aromatic heterocycles. The van der Waals surface area contributed by atoms with Gasteiger partial charge >= 0.3 is 0 Å². The van der Waals surface area contributed by atoms with Crippen LogP contribution in [0.2, 0.25) is 0 Å². The van der Waals surface area contributed by atoms with Gasteiger partial charge in [-0.2, -0.15) is 0 Å². The number of non-ortho nitro benzene ring substituents is 1. The zero-order valence-corrected chi connectivity index (χ0v) is 7.75. The number of rotatable bonds is 1. The maximum Gasteiger partial charge on any atom is 0.287 e. The number of hydrogen-bond acceptors (Lipinski definition) is 5. The molecule has 2 aromatic rings. The molecule has 0 fully saturated rings. The Labute approximate surface area is 82.5 Å². The second kappa shape index (κ2) is 2.85. The molecular weight excluding hydrogens is 204 g/mol. The molecule has 5 nitrogen and oxygen atoms in total. The predicted octanol–water partition coefficient (Wildman–Crippen LogP) is 2.10. The van der Waals surface area contributed by atoms with Gasteiger partial charge in [0.1, 0.15) is 4.70 Å². The Morgan fingerprint density at radius 3 is 2.86 bits per heavy atom. The first-order chi connectivity index (χ1) is 6.59. The number of thiophene rings is 1. The molecule has 0 aliphatic heterocycles. The molecule has 0 spiro atoms. The summed E-state index contributed by atoms with van der Waals surface area (Å²) in [6.07, 6.45) is 0. The monoisotopic (exact) mass is 210 g/mol. The molecule has 0 aliphatic carbocycles. The lowest BCUT2D eigenvalue weighted by Crippen LogP contribution is -1.90. The van der Waals surface area contributed by atoms with Crippen LogP contribution in [0.5, 0.6) is 5.06 Å². The lowest BCUT2D eigenvalue weighted by Gasteiger charge is -1.96. The van der Waals surface area contributed by atoms with Gasteiger partial charge in [0.15, 0.2) is 5.06 Å². The number of fused-ring (bicyclic) bond motifs is 1. The Bertz CT molecular complexity index is 521. The highest BCUT2D eigenvalue weighted by Crippen LogP contribution is 2.39. The first-order valence-corrected chi connectivity index (χ1v) is 4.56. The van der Waals surface area contributed by atoms with E-state index in [0.717, 1.165) is 11.3 Å². The zero-order valence-electron chi connectivity index (χ0n) is 6.93. The van der Waals surface area contributed by atoms with Gasteiger partial charge in [0.05, 0.1) is 4.92 Å². The van der Waals surface area contributed by atoms with Gasteiger partial charge < -0.3 is 10.8 Å². The van der Waals surface area contributed by atoms with Crippen molar-refractivity contribution in [2.75, 3.05) is 5.73 Å². The Hall–Kier alpha value is -1.82. The molecule has 1 aromatic carbocycles. The van der Waals surface area contributed by atoms with Crippen molar-refractivity contribution in [1.82, 2.24) is 0 Å². The number of anilines is 1. The highest BCUT2D eigenvalue weighted by Gasteiger charge is 2.16. The van der Waals surface area contributed by atoms with Crippen LogP contribution in [-0.4, -0.2) is 10.0 Å². The third-order valence-electron chi connectivity index (χ3n) is 1.88. The minimum atomic E-state index is -0.488. The fourth-order valence-electron chi connectivity index (χ4n) is 1.26. The summed E-state index contributed by atoms with van der Waals surface area (Å²) in [6.45, 7) is 0. The molecule has 2 rings (SSSR count). The maximum atomic E-state index is 10.6. The minimum Gasteiger partial charge on any atom is -0.499 e. The molecule has 0 saturated heterocycles. The molecule has 0 saturated carbocycles. The summed E-state index contributed by atoms with van der Waals surface area (Å²) in [5.74, 6) is 0. The SMILES string of the molecule is Nc1ccc([N+](=O)[O-])c2sc(O)cc12. The van der Waals surface area contributed by atoms with E-state index in [-0.39, 0.29) is 10.8 Å². The average Bonchev–Trinajstić information content (AvgIpc) is 2.47. The number of nitro benzene ring substituents is 1. The molecule has 14 heavy (non-hydrogen) atoms. The van der Waals surface area contributed by atoms with Gasteiger partial charge in [-0.25, -0.2) is 0 Å². The van der Waals surface area contributed by atoms with Crippen LogP contribution in [0.25, 0.3) is 10.1 Å². The van der Waals surface area contributed by atoms with Crippen LogP contribution in [0.4, 0.5) is 11.4 Å². The van der Waals surface area contributed by atoms with Gasteiger partial charge in [-0.1, -0.05) is 11.3 Å². The number of nitrogens with zero attached hydrogens (tertiary/aromatic N) is 1. The highest BCUT2D eigenvalue weighted by molar-refractivity contribution is 7.21. The quantitative estimate of drug-likeness (QED) is 0.428. The number of nitrogen functional groups attached to an aromatic ring is 1.